The summed E-state index contributed by atoms with van der Waals surface area (Å²) in [5.74, 6) is -0.252. The highest BCUT2D eigenvalue weighted by Gasteiger charge is 2.23. The van der Waals surface area contributed by atoms with Crippen molar-refractivity contribution in [2.75, 3.05) is 12.8 Å². The first-order valence-electron chi connectivity index (χ1n) is 11.2. The molecule has 0 aliphatic rings. The number of anilines is 1. The summed E-state index contributed by atoms with van der Waals surface area (Å²) in [5.41, 5.74) is 9.47. The number of aliphatic carboxylic acids is 1. The van der Waals surface area contributed by atoms with Crippen LogP contribution < -0.4 is 10.5 Å². The van der Waals surface area contributed by atoms with Crippen molar-refractivity contribution in [3.8, 4) is 28.4 Å². The van der Waals surface area contributed by atoms with E-state index in [1.807, 2.05) is 38.1 Å². The fourth-order valence-corrected chi connectivity index (χ4v) is 4.06. The molecule has 0 atom stereocenters. The lowest BCUT2D eigenvalue weighted by Crippen LogP contribution is -2.21. The van der Waals surface area contributed by atoms with Crippen molar-refractivity contribution >= 4 is 23.5 Å². The van der Waals surface area contributed by atoms with Crippen LogP contribution in [0.15, 0.2) is 48.7 Å². The van der Waals surface area contributed by atoms with E-state index in [0.29, 0.717) is 46.4 Å². The highest BCUT2D eigenvalue weighted by Crippen LogP contribution is 2.36. The molecule has 3 aromatic heterocycles. The highest BCUT2D eigenvalue weighted by atomic mass is 35.5. The second-order valence-electron chi connectivity index (χ2n) is 8.91. The first-order valence-corrected chi connectivity index (χ1v) is 11.6. The minimum absolute atomic E-state index is 0.0798. The van der Waals surface area contributed by atoms with Crippen molar-refractivity contribution in [1.29, 1.82) is 0 Å². The summed E-state index contributed by atoms with van der Waals surface area (Å²) >= 11 is 6.27. The summed E-state index contributed by atoms with van der Waals surface area (Å²) in [6.07, 6.45) is 2.32. The van der Waals surface area contributed by atoms with E-state index < -0.39 is 5.97 Å². The molecule has 0 saturated carbocycles. The third-order valence-electron chi connectivity index (χ3n) is 5.78. The SMILES string of the molecule is COc1c(Cl)cccc1-c1cc(-c2cn(Cc3cccc(C(C)(C)CCC(=O)O)n3)nn2)nc(N)n1. The van der Waals surface area contributed by atoms with E-state index in [1.165, 1.54) is 7.11 Å². The average Bonchev–Trinajstić information content (AvgIpc) is 3.31. The molecule has 0 spiro atoms. The van der Waals surface area contributed by atoms with Crippen molar-refractivity contribution in [2.45, 2.75) is 38.6 Å². The van der Waals surface area contributed by atoms with Gasteiger partial charge in [0.1, 0.15) is 11.4 Å². The van der Waals surface area contributed by atoms with Crippen molar-refractivity contribution in [2.24, 2.45) is 0 Å². The summed E-state index contributed by atoms with van der Waals surface area (Å²) in [4.78, 5) is 24.4. The van der Waals surface area contributed by atoms with E-state index >= 15 is 0 Å². The van der Waals surface area contributed by atoms with E-state index in [9.17, 15) is 4.79 Å². The molecule has 0 unspecified atom stereocenters. The van der Waals surface area contributed by atoms with Crippen molar-refractivity contribution < 1.29 is 14.6 Å². The van der Waals surface area contributed by atoms with E-state index in [0.717, 1.165) is 11.4 Å². The van der Waals surface area contributed by atoms with Gasteiger partial charge in [0.2, 0.25) is 5.95 Å². The van der Waals surface area contributed by atoms with Gasteiger partial charge in [-0.2, -0.15) is 0 Å². The number of carboxylic acids is 1. The number of aromatic nitrogens is 6. The molecule has 4 rings (SSSR count). The summed E-state index contributed by atoms with van der Waals surface area (Å²) in [6.45, 7) is 4.36. The third-order valence-corrected chi connectivity index (χ3v) is 6.08. The molecule has 186 valence electrons. The number of carbonyl (C=O) groups is 1. The van der Waals surface area contributed by atoms with Crippen LogP contribution in [-0.4, -0.2) is 48.1 Å². The molecular weight excluding hydrogens is 482 g/mol. The molecule has 1 aromatic carbocycles. The summed E-state index contributed by atoms with van der Waals surface area (Å²) in [5, 5.41) is 18.0. The van der Waals surface area contributed by atoms with Gasteiger partial charge < -0.3 is 15.6 Å². The molecule has 0 amide bonds. The number of carboxylic acid groups (broad SMARTS) is 1. The molecule has 0 saturated heterocycles. The average molecular weight is 508 g/mol. The molecule has 3 heterocycles. The highest BCUT2D eigenvalue weighted by molar-refractivity contribution is 6.32. The van der Waals surface area contributed by atoms with Gasteiger partial charge in [0.15, 0.2) is 0 Å². The number of ether oxygens (including phenoxy) is 1. The van der Waals surface area contributed by atoms with Crippen molar-refractivity contribution in [3.63, 3.8) is 0 Å². The van der Waals surface area contributed by atoms with Crippen LogP contribution in [0.5, 0.6) is 5.75 Å². The number of benzene rings is 1. The molecule has 36 heavy (non-hydrogen) atoms. The third kappa shape index (κ3) is 5.60. The molecule has 10 nitrogen and oxygen atoms in total. The van der Waals surface area contributed by atoms with Crippen LogP contribution >= 0.6 is 11.6 Å². The smallest absolute Gasteiger partial charge is 0.303 e. The van der Waals surface area contributed by atoms with Gasteiger partial charge in [0.05, 0.1) is 42.0 Å². The van der Waals surface area contributed by atoms with Crippen LogP contribution in [0.1, 0.15) is 38.1 Å². The van der Waals surface area contributed by atoms with Gasteiger partial charge in [0.25, 0.3) is 0 Å². The Morgan fingerprint density at radius 1 is 1.11 bits per heavy atom. The Morgan fingerprint density at radius 2 is 1.86 bits per heavy atom. The predicted molar refractivity (Wildman–Crippen MR) is 136 cm³/mol. The van der Waals surface area contributed by atoms with Gasteiger partial charge in [-0.3, -0.25) is 9.78 Å². The lowest BCUT2D eigenvalue weighted by molar-refractivity contribution is -0.137. The number of halogens is 1. The minimum atomic E-state index is -0.823. The number of rotatable bonds is 9. The number of nitrogens with zero attached hydrogens (tertiary/aromatic N) is 6. The largest absolute Gasteiger partial charge is 0.494 e. The van der Waals surface area contributed by atoms with E-state index in [4.69, 9.17) is 32.2 Å². The maximum absolute atomic E-state index is 11.0. The zero-order chi connectivity index (χ0) is 25.9. The number of nitrogen functional groups attached to an aromatic ring is 1. The minimum Gasteiger partial charge on any atom is -0.494 e. The fraction of sp³-hybridized carbons (Fsp3) is 0.280. The Morgan fingerprint density at radius 3 is 2.61 bits per heavy atom. The predicted octanol–water partition coefficient (Wildman–Crippen LogP) is 4.23. The van der Waals surface area contributed by atoms with Gasteiger partial charge in [-0.25, -0.2) is 14.6 Å². The standard InChI is InChI=1S/C25H26ClN7O3/c1-25(2,11-10-22(34)35)21-9-4-6-15(28-21)13-33-14-20(31-32-33)19-12-18(29-24(27)30-19)16-7-5-8-17(26)23(16)36-3/h4-9,12,14H,10-11,13H2,1-3H3,(H,34,35)(H2,27,29,30). The monoisotopic (exact) mass is 507 g/mol. The van der Waals surface area contributed by atoms with Crippen LogP contribution in [0.25, 0.3) is 22.6 Å². The molecular formula is C25H26ClN7O3. The van der Waals surface area contributed by atoms with Crippen LogP contribution in [0.4, 0.5) is 5.95 Å². The maximum Gasteiger partial charge on any atom is 0.303 e. The maximum atomic E-state index is 11.0. The summed E-state index contributed by atoms with van der Waals surface area (Å²) in [7, 11) is 1.54. The number of methoxy groups -OCH3 is 1. The van der Waals surface area contributed by atoms with Crippen LogP contribution in [0.3, 0.4) is 0 Å². The van der Waals surface area contributed by atoms with Crippen LogP contribution in [0.2, 0.25) is 5.02 Å². The molecule has 0 aliphatic carbocycles. The molecule has 11 heteroatoms. The topological polar surface area (TPSA) is 142 Å². The van der Waals surface area contributed by atoms with Crippen molar-refractivity contribution in [1.82, 2.24) is 29.9 Å². The lowest BCUT2D eigenvalue weighted by atomic mass is 9.84. The van der Waals surface area contributed by atoms with Gasteiger partial charge in [0, 0.05) is 23.1 Å². The van der Waals surface area contributed by atoms with E-state index in [2.05, 4.69) is 20.3 Å². The Hall–Kier alpha value is -4.05. The number of hydrogen-bond donors (Lipinski definition) is 2. The summed E-state index contributed by atoms with van der Waals surface area (Å²) in [6, 6.07) is 12.8. The van der Waals surface area contributed by atoms with E-state index in [1.54, 1.807) is 29.1 Å². The molecule has 3 N–H and O–H groups in total. The first-order chi connectivity index (χ1) is 17.2. The number of nitrogens with two attached hydrogens (primary N) is 1. The van der Waals surface area contributed by atoms with Crippen molar-refractivity contribution in [3.05, 3.63) is 65.1 Å². The Kier molecular flexibility index (Phi) is 7.16. The van der Waals surface area contributed by atoms with Gasteiger partial charge in [-0.1, -0.05) is 42.8 Å². The fourth-order valence-electron chi connectivity index (χ4n) is 3.80. The van der Waals surface area contributed by atoms with Gasteiger partial charge in [-0.15, -0.1) is 5.10 Å². The number of hydrogen-bond acceptors (Lipinski definition) is 8. The number of para-hydroxylation sites is 1. The van der Waals surface area contributed by atoms with E-state index in [-0.39, 0.29) is 17.8 Å². The van der Waals surface area contributed by atoms with Crippen LogP contribution in [0, 0.1) is 0 Å². The Balaban J connectivity index is 1.59. The molecule has 0 bridgehead atoms. The quantitative estimate of drug-likeness (QED) is 0.340. The normalized spacial score (nSPS) is 11.4. The zero-order valence-electron chi connectivity index (χ0n) is 20.1. The molecule has 0 aliphatic heterocycles. The Bertz CT molecular complexity index is 1400. The van der Waals surface area contributed by atoms with Gasteiger partial charge in [-0.05, 0) is 36.8 Å². The Labute approximate surface area is 213 Å². The van der Waals surface area contributed by atoms with Gasteiger partial charge >= 0.3 is 5.97 Å². The molecule has 0 radical (unpaired) electrons. The van der Waals surface area contributed by atoms with Crippen LogP contribution in [-0.2, 0) is 16.8 Å². The lowest BCUT2D eigenvalue weighted by Gasteiger charge is -2.23. The summed E-state index contributed by atoms with van der Waals surface area (Å²) < 4.78 is 7.10. The molecule has 4 aromatic rings. The molecule has 0 fully saturated rings. The second kappa shape index (κ2) is 10.3. The second-order valence-corrected chi connectivity index (χ2v) is 9.32. The zero-order valence-corrected chi connectivity index (χ0v) is 20.9. The number of pyridine rings is 1. The first kappa shape index (κ1) is 25.1.